The lowest BCUT2D eigenvalue weighted by molar-refractivity contribution is -0.288. The highest BCUT2D eigenvalue weighted by atomic mass is 19.4. The van der Waals surface area contributed by atoms with E-state index in [2.05, 4.69) is 10.2 Å². The molecule has 3 rings (SSSR count). The van der Waals surface area contributed by atoms with E-state index >= 15 is 0 Å². The number of aliphatic hydroxyl groups excluding tert-OH is 1. The zero-order valence-electron chi connectivity index (χ0n) is 18.0. The van der Waals surface area contributed by atoms with Gasteiger partial charge < -0.3 is 14.8 Å². The first-order chi connectivity index (χ1) is 15.4. The second-order valence-electron chi connectivity index (χ2n) is 8.05. The quantitative estimate of drug-likeness (QED) is 0.530. The number of ketones is 1. The van der Waals surface area contributed by atoms with Crippen molar-refractivity contribution >= 4 is 5.78 Å². The third kappa shape index (κ3) is 4.60. The number of pyridine rings is 1. The molecule has 2 atom stereocenters. The Morgan fingerprint density at radius 3 is 2.15 bits per heavy atom. The predicted octanol–water partition coefficient (Wildman–Crippen LogP) is 2.37. The Bertz CT molecular complexity index is 1170. The highest BCUT2D eigenvalue weighted by Crippen LogP contribution is 2.46. The highest BCUT2D eigenvalue weighted by Gasteiger charge is 2.63. The Kier molecular flexibility index (Phi) is 6.57. The Balaban J connectivity index is 1.82. The second-order valence-corrected chi connectivity index (χ2v) is 8.05. The van der Waals surface area contributed by atoms with Crippen molar-refractivity contribution in [2.45, 2.75) is 38.6 Å². The summed E-state index contributed by atoms with van der Waals surface area (Å²) in [4.78, 5) is 26.2. The van der Waals surface area contributed by atoms with Crippen LogP contribution in [0.2, 0.25) is 0 Å². The molecule has 33 heavy (non-hydrogen) atoms. The van der Waals surface area contributed by atoms with Gasteiger partial charge in [0.25, 0.3) is 5.56 Å². The van der Waals surface area contributed by atoms with Crippen LogP contribution >= 0.6 is 0 Å². The van der Waals surface area contributed by atoms with Crippen LogP contribution in [0.5, 0.6) is 0 Å². The van der Waals surface area contributed by atoms with Gasteiger partial charge in [0, 0.05) is 18.8 Å². The van der Waals surface area contributed by atoms with Gasteiger partial charge in [-0.3, -0.25) is 9.59 Å². The molecule has 0 aliphatic heterocycles. The molecule has 0 saturated heterocycles. The zero-order chi connectivity index (χ0) is 24.4. The Labute approximate surface area is 186 Å². The molecule has 176 valence electrons. The van der Waals surface area contributed by atoms with E-state index in [1.807, 2.05) is 0 Å². The maximum absolute atomic E-state index is 13.4. The Morgan fingerprint density at radius 1 is 1.03 bits per heavy atom. The molecule has 0 amide bonds. The average molecular weight is 464 g/mol. The molecule has 0 saturated carbocycles. The first-order valence-corrected chi connectivity index (χ1v) is 10.0. The number of aliphatic hydroxyl groups is 2. The van der Waals surface area contributed by atoms with E-state index in [1.165, 1.54) is 17.1 Å². The van der Waals surface area contributed by atoms with Crippen molar-refractivity contribution < 1.29 is 28.2 Å². The molecule has 0 radical (unpaired) electrons. The number of hydrogen-bond donors (Lipinski definition) is 2. The van der Waals surface area contributed by atoms with E-state index in [0.717, 1.165) is 22.7 Å². The van der Waals surface area contributed by atoms with Crippen LogP contribution in [-0.2, 0) is 11.3 Å². The van der Waals surface area contributed by atoms with Gasteiger partial charge in [-0.25, -0.2) is 0 Å². The number of aromatic nitrogens is 4. The number of aryl methyl sites for hydroxylation is 1. The summed E-state index contributed by atoms with van der Waals surface area (Å²) in [7, 11) is 0. The van der Waals surface area contributed by atoms with Gasteiger partial charge in [0.2, 0.25) is 0 Å². The van der Waals surface area contributed by atoms with Crippen LogP contribution < -0.4 is 5.56 Å². The van der Waals surface area contributed by atoms with Crippen LogP contribution in [-0.4, -0.2) is 53.9 Å². The first-order valence-electron chi connectivity index (χ1n) is 10.0. The number of benzene rings is 1. The molecule has 2 aromatic heterocycles. The van der Waals surface area contributed by atoms with Crippen LogP contribution in [0.25, 0.3) is 16.8 Å². The second kappa shape index (κ2) is 8.91. The molecule has 0 aliphatic rings. The molecule has 0 aliphatic carbocycles. The highest BCUT2D eigenvalue weighted by molar-refractivity contribution is 5.86. The average Bonchev–Trinajstić information content (AvgIpc) is 3.31. The molecular weight excluding hydrogens is 441 g/mol. The molecule has 2 unspecified atom stereocenters. The first kappa shape index (κ1) is 24.3. The SMILES string of the molecule is CC(CCn1ccc(-c2ccc(-n3nccn3)cc2)cc1=O)(C(=O)CO)C(C)(O)C(F)(F)F. The fraction of sp³-hybridized carbons (Fsp3) is 0.364. The monoisotopic (exact) mass is 464 g/mol. The zero-order valence-corrected chi connectivity index (χ0v) is 18.0. The van der Waals surface area contributed by atoms with E-state index in [1.54, 1.807) is 42.7 Å². The summed E-state index contributed by atoms with van der Waals surface area (Å²) in [6, 6.07) is 10.0. The van der Waals surface area contributed by atoms with Gasteiger partial charge in [0.05, 0.1) is 23.5 Å². The van der Waals surface area contributed by atoms with Crippen molar-refractivity contribution in [1.82, 2.24) is 19.6 Å². The maximum atomic E-state index is 13.4. The van der Waals surface area contributed by atoms with Crippen molar-refractivity contribution in [1.29, 1.82) is 0 Å². The Hall–Kier alpha value is -3.31. The molecule has 2 N–H and O–H groups in total. The number of hydrogen-bond acceptors (Lipinski definition) is 6. The minimum Gasteiger partial charge on any atom is -0.389 e. The summed E-state index contributed by atoms with van der Waals surface area (Å²) >= 11 is 0. The number of nitrogens with zero attached hydrogens (tertiary/aromatic N) is 4. The molecule has 2 heterocycles. The predicted molar refractivity (Wildman–Crippen MR) is 113 cm³/mol. The number of carbonyl (C=O) groups is 1. The lowest BCUT2D eigenvalue weighted by Crippen LogP contribution is -2.59. The van der Waals surface area contributed by atoms with E-state index in [4.69, 9.17) is 0 Å². The van der Waals surface area contributed by atoms with Crippen molar-refractivity contribution in [2.24, 2.45) is 5.41 Å². The number of alkyl halides is 3. The standard InChI is InChI=1S/C22H23F3N4O4/c1-20(18(31)14-30,21(2,33)22(23,24)25)8-12-28-11-7-16(13-19(28)32)15-3-5-17(6-4-15)29-26-9-10-27-29/h3-7,9-11,13,30,33H,8,12,14H2,1-2H3. The number of rotatable bonds is 8. The van der Waals surface area contributed by atoms with Crippen LogP contribution in [0.4, 0.5) is 13.2 Å². The number of carbonyl (C=O) groups excluding carboxylic acids is 1. The summed E-state index contributed by atoms with van der Waals surface area (Å²) in [6.07, 6.45) is -1.13. The van der Waals surface area contributed by atoms with E-state index in [9.17, 15) is 33.0 Å². The minimum absolute atomic E-state index is 0.266. The van der Waals surface area contributed by atoms with Gasteiger partial charge in [-0.1, -0.05) is 12.1 Å². The van der Waals surface area contributed by atoms with E-state index in [0.29, 0.717) is 12.5 Å². The van der Waals surface area contributed by atoms with Gasteiger partial charge in [-0.05, 0) is 49.6 Å². The summed E-state index contributed by atoms with van der Waals surface area (Å²) in [5.41, 5.74) is -4.19. The van der Waals surface area contributed by atoms with Crippen LogP contribution in [0, 0.1) is 5.41 Å². The molecule has 1 aromatic carbocycles. The molecule has 8 nitrogen and oxygen atoms in total. The fourth-order valence-corrected chi connectivity index (χ4v) is 3.49. The van der Waals surface area contributed by atoms with Crippen molar-refractivity contribution in [3.63, 3.8) is 0 Å². The number of Topliss-reactive ketones (excluding diaryl/α,β-unsaturated/α-hetero) is 1. The molecule has 11 heteroatoms. The van der Waals surface area contributed by atoms with Crippen LogP contribution in [0.1, 0.15) is 20.3 Å². The largest absolute Gasteiger partial charge is 0.417 e. The lowest BCUT2D eigenvalue weighted by Gasteiger charge is -2.42. The third-order valence-corrected chi connectivity index (χ3v) is 6.08. The van der Waals surface area contributed by atoms with Crippen molar-refractivity contribution in [3.05, 3.63) is 65.3 Å². The summed E-state index contributed by atoms with van der Waals surface area (Å²) in [6.45, 7) is 0.00142. The summed E-state index contributed by atoms with van der Waals surface area (Å²) in [5.74, 6) is -1.17. The smallest absolute Gasteiger partial charge is 0.389 e. The molecule has 0 bridgehead atoms. The maximum Gasteiger partial charge on any atom is 0.417 e. The van der Waals surface area contributed by atoms with Gasteiger partial charge in [0.15, 0.2) is 11.4 Å². The Morgan fingerprint density at radius 2 is 1.64 bits per heavy atom. The van der Waals surface area contributed by atoms with Gasteiger partial charge in [0.1, 0.15) is 6.61 Å². The van der Waals surface area contributed by atoms with Gasteiger partial charge >= 0.3 is 6.18 Å². The van der Waals surface area contributed by atoms with Crippen molar-refractivity contribution in [3.8, 4) is 16.8 Å². The lowest BCUT2D eigenvalue weighted by atomic mass is 9.68. The fourth-order valence-electron chi connectivity index (χ4n) is 3.49. The summed E-state index contributed by atoms with van der Waals surface area (Å²) < 4.78 is 41.4. The minimum atomic E-state index is -5.11. The van der Waals surface area contributed by atoms with E-state index < -0.39 is 41.6 Å². The molecule has 3 aromatic rings. The summed E-state index contributed by atoms with van der Waals surface area (Å²) in [5, 5.41) is 27.4. The topological polar surface area (TPSA) is 110 Å². The third-order valence-electron chi connectivity index (χ3n) is 6.08. The van der Waals surface area contributed by atoms with Gasteiger partial charge in [-0.15, -0.1) is 0 Å². The molecule has 0 spiro atoms. The van der Waals surface area contributed by atoms with Crippen molar-refractivity contribution in [2.75, 3.05) is 6.61 Å². The van der Waals surface area contributed by atoms with Gasteiger partial charge in [-0.2, -0.15) is 28.2 Å². The van der Waals surface area contributed by atoms with Crippen LogP contribution in [0.3, 0.4) is 0 Å². The molecular formula is C22H23F3N4O4. The van der Waals surface area contributed by atoms with E-state index in [-0.39, 0.29) is 6.54 Å². The number of halogens is 3. The van der Waals surface area contributed by atoms with Crippen LogP contribution in [0.15, 0.2) is 59.8 Å². The molecule has 0 fully saturated rings. The normalized spacial score (nSPS) is 15.6.